The zero-order valence-electron chi connectivity index (χ0n) is 17.6. The summed E-state index contributed by atoms with van der Waals surface area (Å²) in [5.41, 5.74) is 3.76. The summed E-state index contributed by atoms with van der Waals surface area (Å²) in [6.07, 6.45) is 13.6. The molecule has 31 heavy (non-hydrogen) atoms. The molecular weight excluding hydrogens is 406 g/mol. The number of nitriles is 1. The molecule has 1 N–H and O–H groups in total. The average molecular weight is 434 g/mol. The second-order valence-corrected chi connectivity index (χ2v) is 9.45. The van der Waals surface area contributed by atoms with E-state index in [9.17, 15) is 0 Å². The van der Waals surface area contributed by atoms with Crippen molar-refractivity contribution in [2.45, 2.75) is 57.0 Å². The molecule has 0 spiro atoms. The minimum atomic E-state index is 0.418. The number of aromatic nitrogens is 4. The molecule has 4 heterocycles. The third-order valence-corrected chi connectivity index (χ3v) is 7.11. The Balaban J connectivity index is 1.19. The number of hydrogen-bond acceptors (Lipinski definition) is 7. The Morgan fingerprint density at radius 2 is 2.06 bits per heavy atom. The van der Waals surface area contributed by atoms with Crippen molar-refractivity contribution in [2.24, 2.45) is 0 Å². The van der Waals surface area contributed by atoms with E-state index in [-0.39, 0.29) is 0 Å². The quantitative estimate of drug-likeness (QED) is 0.599. The van der Waals surface area contributed by atoms with Crippen molar-refractivity contribution in [1.29, 1.82) is 5.26 Å². The van der Waals surface area contributed by atoms with Crippen LogP contribution in [0.2, 0.25) is 0 Å². The number of nitrogens with one attached hydrogen (secondary N) is 1. The van der Waals surface area contributed by atoms with E-state index >= 15 is 0 Å². The number of pyridine rings is 1. The molecule has 1 aliphatic carbocycles. The summed E-state index contributed by atoms with van der Waals surface area (Å²) in [5, 5.41) is 19.9. The van der Waals surface area contributed by atoms with Crippen molar-refractivity contribution >= 4 is 22.2 Å². The van der Waals surface area contributed by atoms with E-state index in [0.717, 1.165) is 30.5 Å². The molecule has 5 rings (SSSR count). The molecule has 160 valence electrons. The lowest BCUT2D eigenvalue weighted by Gasteiger charge is -2.31. The van der Waals surface area contributed by atoms with Crippen LogP contribution in [0.3, 0.4) is 0 Å². The normalized spacial score (nSPS) is 20.0. The summed E-state index contributed by atoms with van der Waals surface area (Å²) in [6, 6.07) is 6.22. The Kier molecular flexibility index (Phi) is 5.96. The minimum absolute atomic E-state index is 0.418. The zero-order chi connectivity index (χ0) is 21.0. The lowest BCUT2D eigenvalue weighted by atomic mass is 9.95. The van der Waals surface area contributed by atoms with Crippen LogP contribution in [0.25, 0.3) is 0 Å². The Bertz CT molecular complexity index is 1040. The van der Waals surface area contributed by atoms with Crippen molar-refractivity contribution in [3.63, 3.8) is 0 Å². The van der Waals surface area contributed by atoms with Gasteiger partial charge in [0, 0.05) is 36.1 Å². The second kappa shape index (κ2) is 9.16. The highest BCUT2D eigenvalue weighted by atomic mass is 32.1. The number of rotatable bonds is 6. The maximum absolute atomic E-state index is 8.88. The van der Waals surface area contributed by atoms with Crippen molar-refractivity contribution in [2.75, 3.05) is 18.4 Å². The maximum Gasteiger partial charge on any atom is 0.187 e. The first-order chi connectivity index (χ1) is 15.3. The average Bonchev–Trinajstić information content (AvgIpc) is 3.56. The Labute approximate surface area is 186 Å². The Hall–Kier alpha value is -2.76. The van der Waals surface area contributed by atoms with Gasteiger partial charge in [0.1, 0.15) is 11.8 Å². The van der Waals surface area contributed by atoms with Crippen LogP contribution in [0.5, 0.6) is 0 Å². The molecule has 1 aliphatic heterocycles. The van der Waals surface area contributed by atoms with Crippen LogP contribution < -0.4 is 5.32 Å². The van der Waals surface area contributed by atoms with E-state index in [1.807, 2.05) is 12.1 Å². The van der Waals surface area contributed by atoms with E-state index in [4.69, 9.17) is 10.2 Å². The second-order valence-electron chi connectivity index (χ2n) is 8.59. The molecular formula is C23H27N7S. The topological polar surface area (TPSA) is 82.7 Å². The highest BCUT2D eigenvalue weighted by molar-refractivity contribution is 7.13. The van der Waals surface area contributed by atoms with Gasteiger partial charge in [-0.15, -0.1) is 11.3 Å². The molecule has 0 aromatic carbocycles. The molecule has 3 aromatic rings. The van der Waals surface area contributed by atoms with E-state index in [2.05, 4.69) is 42.8 Å². The fourth-order valence-corrected chi connectivity index (χ4v) is 5.53. The number of nitrogens with zero attached hydrogens (tertiary/aromatic N) is 6. The Morgan fingerprint density at radius 3 is 2.87 bits per heavy atom. The summed E-state index contributed by atoms with van der Waals surface area (Å²) in [5.74, 6) is 0.463. The van der Waals surface area contributed by atoms with Gasteiger partial charge in [-0.05, 0) is 44.4 Å². The first-order valence-electron chi connectivity index (χ1n) is 11.1. The van der Waals surface area contributed by atoms with Crippen molar-refractivity contribution in [1.82, 2.24) is 24.6 Å². The predicted molar refractivity (Wildman–Crippen MR) is 121 cm³/mol. The third kappa shape index (κ3) is 4.78. The lowest BCUT2D eigenvalue weighted by molar-refractivity contribution is 0.198. The summed E-state index contributed by atoms with van der Waals surface area (Å²) in [7, 11) is 0. The molecule has 2 aliphatic rings. The first kappa shape index (κ1) is 20.2. The summed E-state index contributed by atoms with van der Waals surface area (Å²) in [6.45, 7) is 3.14. The fourth-order valence-electron chi connectivity index (χ4n) is 4.71. The monoisotopic (exact) mass is 433 g/mol. The van der Waals surface area contributed by atoms with Gasteiger partial charge in [0.25, 0.3) is 0 Å². The maximum atomic E-state index is 8.88. The van der Waals surface area contributed by atoms with Crippen LogP contribution in [-0.4, -0.2) is 37.7 Å². The van der Waals surface area contributed by atoms with Crippen LogP contribution in [0.1, 0.15) is 67.4 Å². The van der Waals surface area contributed by atoms with Crippen LogP contribution in [0, 0.1) is 11.3 Å². The van der Waals surface area contributed by atoms with Gasteiger partial charge in [-0.2, -0.15) is 10.4 Å². The number of thiazole rings is 1. The molecule has 0 bridgehead atoms. The largest absolute Gasteiger partial charge is 0.330 e. The molecule has 1 saturated carbocycles. The van der Waals surface area contributed by atoms with Gasteiger partial charge in [-0.1, -0.05) is 12.8 Å². The van der Waals surface area contributed by atoms with Crippen LogP contribution in [0.15, 0.2) is 36.1 Å². The molecule has 3 aromatic heterocycles. The van der Waals surface area contributed by atoms with Gasteiger partial charge in [-0.25, -0.2) is 9.97 Å². The predicted octanol–water partition coefficient (Wildman–Crippen LogP) is 4.84. The van der Waals surface area contributed by atoms with Gasteiger partial charge in [0.15, 0.2) is 5.13 Å². The van der Waals surface area contributed by atoms with Crippen LogP contribution in [0.4, 0.5) is 10.8 Å². The first-order valence-corrected chi connectivity index (χ1v) is 12.0. The van der Waals surface area contributed by atoms with E-state index < -0.39 is 0 Å². The van der Waals surface area contributed by atoms with Crippen molar-refractivity contribution in [3.05, 3.63) is 53.1 Å². The molecule has 1 atom stereocenters. The zero-order valence-corrected chi connectivity index (χ0v) is 18.4. The molecule has 0 radical (unpaired) electrons. The highest BCUT2D eigenvalue weighted by Crippen LogP contribution is 2.32. The highest BCUT2D eigenvalue weighted by Gasteiger charge is 2.24. The molecule has 1 saturated heterocycles. The van der Waals surface area contributed by atoms with Gasteiger partial charge in [-0.3, -0.25) is 9.58 Å². The Morgan fingerprint density at radius 1 is 1.16 bits per heavy atom. The summed E-state index contributed by atoms with van der Waals surface area (Å²) < 4.78 is 2.19. The molecule has 8 heteroatoms. The van der Waals surface area contributed by atoms with Crippen molar-refractivity contribution < 1.29 is 0 Å². The standard InChI is InChI=1S/C23H27N7S/c24-10-19-7-8-20(12-25-19)27-23-28-22(16-31-23)18-4-3-9-29(15-18)13-17-11-26-30(14-17)21-5-1-2-6-21/h7-8,11-12,14,16,18,21H,1-6,9,13,15H2,(H,27,28)/t18-/m1/s1. The van der Waals surface area contributed by atoms with Gasteiger partial charge in [0.2, 0.25) is 0 Å². The molecule has 0 unspecified atom stereocenters. The summed E-state index contributed by atoms with van der Waals surface area (Å²) >= 11 is 1.62. The summed E-state index contributed by atoms with van der Waals surface area (Å²) in [4.78, 5) is 11.5. The number of hydrogen-bond donors (Lipinski definition) is 1. The smallest absolute Gasteiger partial charge is 0.187 e. The number of piperidine rings is 1. The lowest BCUT2D eigenvalue weighted by Crippen LogP contribution is -2.33. The van der Waals surface area contributed by atoms with E-state index in [1.54, 1.807) is 23.6 Å². The van der Waals surface area contributed by atoms with E-state index in [0.29, 0.717) is 17.7 Å². The van der Waals surface area contributed by atoms with Gasteiger partial charge in [0.05, 0.1) is 29.8 Å². The molecule has 2 fully saturated rings. The number of likely N-dealkylation sites (tertiary alicyclic amines) is 1. The molecule has 0 amide bonds. The molecule has 7 nitrogen and oxygen atoms in total. The van der Waals surface area contributed by atoms with Gasteiger partial charge < -0.3 is 5.32 Å². The third-order valence-electron chi connectivity index (χ3n) is 6.34. The van der Waals surface area contributed by atoms with Gasteiger partial charge >= 0.3 is 0 Å². The SMILES string of the molecule is N#Cc1ccc(Nc2nc([C@@H]3CCCN(Cc4cnn(C5CCCC5)c4)C3)cs2)cn1. The minimum Gasteiger partial charge on any atom is -0.330 e. The van der Waals surface area contributed by atoms with Crippen LogP contribution >= 0.6 is 11.3 Å². The fraction of sp³-hybridized carbons (Fsp3) is 0.478. The van der Waals surface area contributed by atoms with Crippen molar-refractivity contribution in [3.8, 4) is 6.07 Å². The number of anilines is 2. The van der Waals surface area contributed by atoms with E-state index in [1.165, 1.54) is 49.8 Å². The van der Waals surface area contributed by atoms with Crippen LogP contribution in [-0.2, 0) is 6.54 Å².